The molecule has 7 nitrogen and oxygen atoms in total. The fourth-order valence-corrected chi connectivity index (χ4v) is 3.07. The molecular formula is C19H20ClN3O4. The van der Waals surface area contributed by atoms with Gasteiger partial charge in [-0.25, -0.2) is 9.78 Å². The zero-order chi connectivity index (χ0) is 19.2. The summed E-state index contributed by atoms with van der Waals surface area (Å²) in [5.41, 5.74) is 2.25. The van der Waals surface area contributed by atoms with Gasteiger partial charge in [0.25, 0.3) is 5.91 Å². The van der Waals surface area contributed by atoms with Gasteiger partial charge in [-0.2, -0.15) is 0 Å². The van der Waals surface area contributed by atoms with E-state index in [9.17, 15) is 14.7 Å². The van der Waals surface area contributed by atoms with E-state index in [1.165, 1.54) is 6.20 Å². The summed E-state index contributed by atoms with van der Waals surface area (Å²) in [6.07, 6.45) is 1.75. The smallest absolute Gasteiger partial charge is 0.337 e. The van der Waals surface area contributed by atoms with Gasteiger partial charge in [-0.3, -0.25) is 4.79 Å². The van der Waals surface area contributed by atoms with Crippen LogP contribution in [0, 0.1) is 0 Å². The van der Waals surface area contributed by atoms with Crippen molar-refractivity contribution in [1.82, 2.24) is 9.88 Å². The van der Waals surface area contributed by atoms with Gasteiger partial charge >= 0.3 is 5.97 Å². The minimum atomic E-state index is -1.03. The van der Waals surface area contributed by atoms with Crippen LogP contribution < -0.4 is 5.32 Å². The second-order valence-electron chi connectivity index (χ2n) is 6.13. The number of hydrogen-bond donors (Lipinski definition) is 2. The van der Waals surface area contributed by atoms with Crippen LogP contribution in [-0.4, -0.2) is 59.7 Å². The molecule has 0 unspecified atom stereocenters. The topological polar surface area (TPSA) is 91.8 Å². The van der Waals surface area contributed by atoms with E-state index in [-0.39, 0.29) is 16.6 Å². The Balaban J connectivity index is 1.57. The van der Waals surface area contributed by atoms with Gasteiger partial charge in [0.2, 0.25) is 0 Å². The Labute approximate surface area is 161 Å². The van der Waals surface area contributed by atoms with Crippen LogP contribution in [0.5, 0.6) is 0 Å². The molecule has 27 heavy (non-hydrogen) atoms. The number of hydrogen-bond acceptors (Lipinski definition) is 5. The van der Waals surface area contributed by atoms with Gasteiger partial charge in [0, 0.05) is 37.1 Å². The maximum absolute atomic E-state index is 12.4. The summed E-state index contributed by atoms with van der Waals surface area (Å²) in [5.74, 6) is -1.03. The third-order valence-electron chi connectivity index (χ3n) is 4.34. The van der Waals surface area contributed by atoms with Crippen molar-refractivity contribution < 1.29 is 19.4 Å². The first-order valence-electron chi connectivity index (χ1n) is 8.63. The molecule has 3 rings (SSSR count). The predicted octanol–water partition coefficient (Wildman–Crippen LogP) is 2.56. The van der Waals surface area contributed by atoms with Crippen molar-refractivity contribution in [2.24, 2.45) is 0 Å². The molecule has 1 fully saturated rings. The summed E-state index contributed by atoms with van der Waals surface area (Å²) < 4.78 is 5.26. The first-order chi connectivity index (χ1) is 13.0. The summed E-state index contributed by atoms with van der Waals surface area (Å²) in [6, 6.07) is 8.81. The Bertz CT molecular complexity index is 820. The van der Waals surface area contributed by atoms with E-state index in [1.807, 2.05) is 12.1 Å². The Kier molecular flexibility index (Phi) is 6.26. The molecule has 1 saturated heterocycles. The Morgan fingerprint density at radius 3 is 2.59 bits per heavy atom. The van der Waals surface area contributed by atoms with Crippen LogP contribution in [-0.2, 0) is 11.2 Å². The first kappa shape index (κ1) is 19.1. The van der Waals surface area contributed by atoms with E-state index in [0.29, 0.717) is 50.4 Å². The van der Waals surface area contributed by atoms with Crippen molar-refractivity contribution in [1.29, 1.82) is 0 Å². The lowest BCUT2D eigenvalue weighted by atomic mass is 10.1. The lowest BCUT2D eigenvalue weighted by Gasteiger charge is -2.26. The number of carboxylic acid groups (broad SMARTS) is 1. The van der Waals surface area contributed by atoms with Gasteiger partial charge in [0.15, 0.2) is 0 Å². The second kappa shape index (κ2) is 8.83. The van der Waals surface area contributed by atoms with E-state index in [1.54, 1.807) is 23.1 Å². The highest BCUT2D eigenvalue weighted by atomic mass is 35.5. The fourth-order valence-electron chi connectivity index (χ4n) is 2.89. The minimum absolute atomic E-state index is 0.00220. The number of morpholine rings is 1. The SMILES string of the molecule is O=C(O)c1cnc(Cl)cc1CCNc1ccc(C(=O)N2CCOCC2)cc1. The Hall–Kier alpha value is -2.64. The first-order valence-corrected chi connectivity index (χ1v) is 9.01. The molecule has 142 valence electrons. The number of ether oxygens (including phenoxy) is 1. The molecule has 2 N–H and O–H groups in total. The van der Waals surface area contributed by atoms with Crippen LogP contribution in [0.2, 0.25) is 5.15 Å². The van der Waals surface area contributed by atoms with Gasteiger partial charge in [-0.15, -0.1) is 0 Å². The van der Waals surface area contributed by atoms with Crippen LogP contribution >= 0.6 is 11.6 Å². The molecule has 2 aromatic rings. The summed E-state index contributed by atoms with van der Waals surface area (Å²) >= 11 is 5.86. The molecule has 0 bridgehead atoms. The number of carboxylic acids is 1. The van der Waals surface area contributed by atoms with Crippen molar-refractivity contribution in [3.8, 4) is 0 Å². The molecular weight excluding hydrogens is 370 g/mol. The molecule has 1 amide bonds. The summed E-state index contributed by atoms with van der Waals surface area (Å²) in [7, 11) is 0. The van der Waals surface area contributed by atoms with Crippen molar-refractivity contribution in [2.45, 2.75) is 6.42 Å². The van der Waals surface area contributed by atoms with Crippen molar-refractivity contribution >= 4 is 29.2 Å². The van der Waals surface area contributed by atoms with Crippen LogP contribution in [0.4, 0.5) is 5.69 Å². The number of halogens is 1. The number of aromatic carboxylic acids is 1. The van der Waals surface area contributed by atoms with E-state index < -0.39 is 5.97 Å². The second-order valence-corrected chi connectivity index (χ2v) is 6.52. The van der Waals surface area contributed by atoms with Gasteiger partial charge < -0.3 is 20.1 Å². The van der Waals surface area contributed by atoms with Crippen molar-refractivity contribution in [3.63, 3.8) is 0 Å². The molecule has 2 heterocycles. The van der Waals surface area contributed by atoms with E-state index in [0.717, 1.165) is 5.69 Å². The van der Waals surface area contributed by atoms with Gasteiger partial charge in [0.1, 0.15) is 5.15 Å². The standard InChI is InChI=1S/C19H20ClN3O4/c20-17-11-14(16(12-22-17)19(25)26)5-6-21-15-3-1-13(2-4-15)18(24)23-7-9-27-10-8-23/h1-4,11-12,21H,5-10H2,(H,25,26). The summed E-state index contributed by atoms with van der Waals surface area (Å²) in [6.45, 7) is 2.89. The average molecular weight is 390 g/mol. The third-order valence-corrected chi connectivity index (χ3v) is 4.55. The molecule has 0 aliphatic carbocycles. The Morgan fingerprint density at radius 2 is 1.93 bits per heavy atom. The van der Waals surface area contributed by atoms with Crippen LogP contribution in [0.3, 0.4) is 0 Å². The number of carbonyl (C=O) groups is 2. The number of nitrogens with one attached hydrogen (secondary N) is 1. The largest absolute Gasteiger partial charge is 0.478 e. The summed E-state index contributed by atoms with van der Waals surface area (Å²) in [4.78, 5) is 29.3. The van der Waals surface area contributed by atoms with Crippen LogP contribution in [0.1, 0.15) is 26.3 Å². The molecule has 8 heteroatoms. The van der Waals surface area contributed by atoms with Crippen molar-refractivity contribution in [2.75, 3.05) is 38.2 Å². The highest BCUT2D eigenvalue weighted by Gasteiger charge is 2.18. The number of benzene rings is 1. The zero-order valence-corrected chi connectivity index (χ0v) is 15.4. The summed E-state index contributed by atoms with van der Waals surface area (Å²) in [5, 5.41) is 12.7. The number of pyridine rings is 1. The third kappa shape index (κ3) is 4.96. The fraction of sp³-hybridized carbons (Fsp3) is 0.316. The molecule has 0 spiro atoms. The highest BCUT2D eigenvalue weighted by Crippen LogP contribution is 2.16. The molecule has 1 aromatic carbocycles. The normalized spacial score (nSPS) is 14.0. The maximum atomic E-state index is 12.4. The maximum Gasteiger partial charge on any atom is 0.337 e. The van der Waals surface area contributed by atoms with E-state index >= 15 is 0 Å². The molecule has 1 aliphatic heterocycles. The number of anilines is 1. The number of aromatic nitrogens is 1. The van der Waals surface area contributed by atoms with Gasteiger partial charge in [-0.1, -0.05) is 11.6 Å². The Morgan fingerprint density at radius 1 is 1.22 bits per heavy atom. The van der Waals surface area contributed by atoms with E-state index in [2.05, 4.69) is 10.3 Å². The molecule has 0 saturated carbocycles. The lowest BCUT2D eigenvalue weighted by Crippen LogP contribution is -2.40. The molecule has 1 aromatic heterocycles. The van der Waals surface area contributed by atoms with Gasteiger partial charge in [0.05, 0.1) is 18.8 Å². The highest BCUT2D eigenvalue weighted by molar-refractivity contribution is 6.29. The van der Waals surface area contributed by atoms with Crippen molar-refractivity contribution in [3.05, 3.63) is 58.4 Å². The number of nitrogens with zero attached hydrogens (tertiary/aromatic N) is 2. The van der Waals surface area contributed by atoms with Crippen LogP contribution in [0.25, 0.3) is 0 Å². The minimum Gasteiger partial charge on any atom is -0.478 e. The van der Waals surface area contributed by atoms with Crippen LogP contribution in [0.15, 0.2) is 36.5 Å². The number of rotatable bonds is 6. The molecule has 1 aliphatic rings. The predicted molar refractivity (Wildman–Crippen MR) is 102 cm³/mol. The number of carbonyl (C=O) groups excluding carboxylic acids is 1. The van der Waals surface area contributed by atoms with Gasteiger partial charge in [-0.05, 0) is 42.3 Å². The average Bonchev–Trinajstić information content (AvgIpc) is 2.68. The molecule has 0 radical (unpaired) electrons. The monoisotopic (exact) mass is 389 g/mol. The number of amides is 1. The zero-order valence-electron chi connectivity index (χ0n) is 14.7. The molecule has 0 atom stereocenters. The lowest BCUT2D eigenvalue weighted by molar-refractivity contribution is 0.0303. The van der Waals surface area contributed by atoms with E-state index in [4.69, 9.17) is 16.3 Å². The quantitative estimate of drug-likeness (QED) is 0.738.